The highest BCUT2D eigenvalue weighted by atomic mass is 16.7. The van der Waals surface area contributed by atoms with Gasteiger partial charge in [-0.15, -0.1) is 0 Å². The standard InChI is InChI=1S/C35H38O3/c1-3-17-31(27-19-9-5-10-20-27)33(29-23-13-7-14-24-29)37-35(36)38-34(30-25-15-8-16-26-30)32(18-4-2)28-21-11-6-12-22-28/h5-16,19-26,31-34H,3-4,17-18H2,1-2H3. The fourth-order valence-corrected chi connectivity index (χ4v) is 5.29. The molecule has 0 radical (unpaired) electrons. The first kappa shape index (κ1) is 27.2. The highest BCUT2D eigenvalue weighted by Crippen LogP contribution is 2.41. The molecule has 0 aromatic heterocycles. The maximum absolute atomic E-state index is 13.6. The van der Waals surface area contributed by atoms with Crippen molar-refractivity contribution in [2.75, 3.05) is 0 Å². The van der Waals surface area contributed by atoms with E-state index in [2.05, 4.69) is 38.1 Å². The van der Waals surface area contributed by atoms with Gasteiger partial charge in [0.2, 0.25) is 0 Å². The van der Waals surface area contributed by atoms with Crippen LogP contribution in [0.25, 0.3) is 0 Å². The molecule has 3 heteroatoms. The van der Waals surface area contributed by atoms with Crippen molar-refractivity contribution in [3.8, 4) is 0 Å². The van der Waals surface area contributed by atoms with Crippen molar-refractivity contribution in [3.63, 3.8) is 0 Å². The molecule has 4 rings (SSSR count). The molecule has 0 amide bonds. The maximum atomic E-state index is 13.6. The summed E-state index contributed by atoms with van der Waals surface area (Å²) in [5.41, 5.74) is 4.25. The molecule has 0 aliphatic heterocycles. The Morgan fingerprint density at radius 3 is 1.08 bits per heavy atom. The summed E-state index contributed by atoms with van der Waals surface area (Å²) in [7, 11) is 0. The van der Waals surface area contributed by atoms with Crippen LogP contribution in [0.1, 0.15) is 85.8 Å². The normalized spacial score (nSPS) is 14.2. The van der Waals surface area contributed by atoms with E-state index in [0.29, 0.717) is 0 Å². The Hall–Kier alpha value is -3.85. The third-order valence-corrected chi connectivity index (χ3v) is 7.09. The van der Waals surface area contributed by atoms with Crippen LogP contribution in [0.4, 0.5) is 4.79 Å². The van der Waals surface area contributed by atoms with Crippen molar-refractivity contribution in [2.45, 2.75) is 63.6 Å². The lowest BCUT2D eigenvalue weighted by Crippen LogP contribution is -2.23. The molecule has 4 unspecified atom stereocenters. The van der Waals surface area contributed by atoms with E-state index in [1.165, 1.54) is 0 Å². The lowest BCUT2D eigenvalue weighted by Gasteiger charge is -2.31. The maximum Gasteiger partial charge on any atom is 0.509 e. The van der Waals surface area contributed by atoms with Gasteiger partial charge in [-0.3, -0.25) is 0 Å². The zero-order valence-electron chi connectivity index (χ0n) is 22.4. The molecule has 0 aliphatic rings. The number of carbonyl (C=O) groups is 1. The van der Waals surface area contributed by atoms with Crippen LogP contribution in [0.15, 0.2) is 121 Å². The minimum absolute atomic E-state index is 0.0203. The molecule has 4 aromatic carbocycles. The second kappa shape index (κ2) is 14.2. The topological polar surface area (TPSA) is 35.5 Å². The molecule has 0 saturated carbocycles. The van der Waals surface area contributed by atoms with Crippen LogP contribution >= 0.6 is 0 Å². The molecule has 196 valence electrons. The molecule has 0 N–H and O–H groups in total. The van der Waals surface area contributed by atoms with Gasteiger partial charge in [-0.1, -0.05) is 148 Å². The third kappa shape index (κ3) is 7.13. The molecular formula is C35H38O3. The molecule has 3 nitrogen and oxygen atoms in total. The first-order valence-electron chi connectivity index (χ1n) is 13.8. The van der Waals surface area contributed by atoms with E-state index >= 15 is 0 Å². The molecule has 4 aromatic rings. The Morgan fingerprint density at radius 1 is 0.500 bits per heavy atom. The van der Waals surface area contributed by atoms with E-state index in [4.69, 9.17) is 9.47 Å². The first-order chi connectivity index (χ1) is 18.7. The average molecular weight is 507 g/mol. The number of hydrogen-bond donors (Lipinski definition) is 0. The Bertz CT molecular complexity index is 1110. The summed E-state index contributed by atoms with van der Waals surface area (Å²) in [6.45, 7) is 4.33. The number of ether oxygens (including phenoxy) is 2. The Labute approximate surface area is 227 Å². The van der Waals surface area contributed by atoms with Crippen LogP contribution in [0, 0.1) is 0 Å². The summed E-state index contributed by atoms with van der Waals surface area (Å²) in [4.78, 5) is 13.6. The Morgan fingerprint density at radius 2 is 0.789 bits per heavy atom. The summed E-state index contributed by atoms with van der Waals surface area (Å²) < 4.78 is 12.5. The smallest absolute Gasteiger partial charge is 0.425 e. The van der Waals surface area contributed by atoms with E-state index in [1.807, 2.05) is 97.1 Å². The van der Waals surface area contributed by atoms with Gasteiger partial charge >= 0.3 is 6.16 Å². The molecule has 0 aliphatic carbocycles. The number of rotatable bonds is 12. The van der Waals surface area contributed by atoms with Crippen molar-refractivity contribution in [3.05, 3.63) is 144 Å². The van der Waals surface area contributed by atoms with Crippen molar-refractivity contribution < 1.29 is 14.3 Å². The monoisotopic (exact) mass is 506 g/mol. The van der Waals surface area contributed by atoms with Crippen LogP contribution in [-0.2, 0) is 9.47 Å². The largest absolute Gasteiger partial charge is 0.509 e. The predicted molar refractivity (Wildman–Crippen MR) is 154 cm³/mol. The predicted octanol–water partition coefficient (Wildman–Crippen LogP) is 9.79. The van der Waals surface area contributed by atoms with Crippen LogP contribution in [0.3, 0.4) is 0 Å². The SMILES string of the molecule is CCCC(c1ccccc1)C(OC(=O)OC(c1ccccc1)C(CCC)c1ccccc1)c1ccccc1. The summed E-state index contributed by atoms with van der Waals surface area (Å²) >= 11 is 0. The van der Waals surface area contributed by atoms with Gasteiger partial charge in [0.15, 0.2) is 0 Å². The Kier molecular flexibility index (Phi) is 10.1. The highest BCUT2D eigenvalue weighted by Gasteiger charge is 2.32. The molecule has 0 spiro atoms. The van der Waals surface area contributed by atoms with Gasteiger partial charge in [0.05, 0.1) is 0 Å². The average Bonchev–Trinajstić information content (AvgIpc) is 2.98. The van der Waals surface area contributed by atoms with E-state index in [0.717, 1.165) is 47.9 Å². The zero-order valence-corrected chi connectivity index (χ0v) is 22.4. The lowest BCUT2D eigenvalue weighted by atomic mass is 9.85. The van der Waals surface area contributed by atoms with Crippen molar-refractivity contribution in [1.82, 2.24) is 0 Å². The van der Waals surface area contributed by atoms with Crippen molar-refractivity contribution >= 4 is 6.16 Å². The fraction of sp³-hybridized carbons (Fsp3) is 0.286. The molecular weight excluding hydrogens is 468 g/mol. The second-order valence-electron chi connectivity index (χ2n) is 9.76. The van der Waals surface area contributed by atoms with E-state index in [-0.39, 0.29) is 11.8 Å². The van der Waals surface area contributed by atoms with Gasteiger partial charge < -0.3 is 9.47 Å². The lowest BCUT2D eigenvalue weighted by molar-refractivity contribution is -0.0192. The minimum Gasteiger partial charge on any atom is -0.425 e. The Balaban J connectivity index is 1.66. The van der Waals surface area contributed by atoms with Crippen LogP contribution in [0.5, 0.6) is 0 Å². The highest BCUT2D eigenvalue weighted by molar-refractivity contribution is 5.61. The van der Waals surface area contributed by atoms with E-state index in [1.54, 1.807) is 0 Å². The quantitative estimate of drug-likeness (QED) is 0.179. The second-order valence-corrected chi connectivity index (χ2v) is 9.76. The van der Waals surface area contributed by atoms with Crippen LogP contribution in [0.2, 0.25) is 0 Å². The van der Waals surface area contributed by atoms with Crippen molar-refractivity contribution in [1.29, 1.82) is 0 Å². The minimum atomic E-state index is -0.637. The first-order valence-corrected chi connectivity index (χ1v) is 13.8. The van der Waals surface area contributed by atoms with Gasteiger partial charge in [-0.25, -0.2) is 4.79 Å². The zero-order chi connectivity index (χ0) is 26.6. The van der Waals surface area contributed by atoms with Crippen molar-refractivity contribution in [2.24, 2.45) is 0 Å². The van der Waals surface area contributed by atoms with Gasteiger partial charge in [0.1, 0.15) is 12.2 Å². The fourth-order valence-electron chi connectivity index (χ4n) is 5.29. The number of carbonyl (C=O) groups excluding carboxylic acids is 1. The summed E-state index contributed by atoms with van der Waals surface area (Å²) in [6, 6.07) is 40.7. The summed E-state index contributed by atoms with van der Waals surface area (Å²) in [6.07, 6.45) is 2.18. The number of benzene rings is 4. The third-order valence-electron chi connectivity index (χ3n) is 7.09. The number of hydrogen-bond acceptors (Lipinski definition) is 3. The molecule has 4 atom stereocenters. The molecule has 0 bridgehead atoms. The molecule has 0 fully saturated rings. The molecule has 0 saturated heterocycles. The molecule has 0 heterocycles. The van der Waals surface area contributed by atoms with Gasteiger partial charge in [-0.05, 0) is 35.1 Å². The van der Waals surface area contributed by atoms with Gasteiger partial charge in [-0.2, -0.15) is 0 Å². The van der Waals surface area contributed by atoms with Crippen LogP contribution < -0.4 is 0 Å². The molecule has 38 heavy (non-hydrogen) atoms. The summed E-state index contributed by atoms with van der Waals surface area (Å²) in [5, 5.41) is 0. The van der Waals surface area contributed by atoms with Crippen LogP contribution in [-0.4, -0.2) is 6.16 Å². The van der Waals surface area contributed by atoms with E-state index in [9.17, 15) is 4.79 Å². The van der Waals surface area contributed by atoms with Gasteiger partial charge in [0, 0.05) is 11.8 Å². The summed E-state index contributed by atoms with van der Waals surface area (Å²) in [5.74, 6) is 0.0405. The van der Waals surface area contributed by atoms with E-state index < -0.39 is 18.4 Å². The van der Waals surface area contributed by atoms with Gasteiger partial charge in [0.25, 0.3) is 0 Å².